The lowest BCUT2D eigenvalue weighted by Crippen LogP contribution is -2.28. The Bertz CT molecular complexity index is 937. The van der Waals surface area contributed by atoms with E-state index in [-0.39, 0.29) is 5.41 Å². The van der Waals surface area contributed by atoms with E-state index in [4.69, 9.17) is 4.98 Å². The molecule has 2 heterocycles. The normalized spacial score (nSPS) is 19.0. The maximum Gasteiger partial charge on any atom is 0.0898 e. The molecule has 0 unspecified atom stereocenters. The Morgan fingerprint density at radius 3 is 2.77 bits per heavy atom. The van der Waals surface area contributed by atoms with Crippen molar-refractivity contribution in [3.8, 4) is 0 Å². The number of oxime groups is 1. The predicted molar refractivity (Wildman–Crippen MR) is 92.3 cm³/mol. The minimum atomic E-state index is 0.0769. The monoisotopic (exact) mass is 310 g/mol. The lowest BCUT2D eigenvalue weighted by Gasteiger charge is -2.31. The first-order chi connectivity index (χ1) is 10.5. The summed E-state index contributed by atoms with van der Waals surface area (Å²) in [7, 11) is 0. The zero-order valence-corrected chi connectivity index (χ0v) is 13.8. The predicted octanol–water partition coefficient (Wildman–Crippen LogP) is 4.91. The third kappa shape index (κ3) is 1.87. The molecule has 1 N–H and O–H groups in total. The second kappa shape index (κ2) is 4.53. The minimum Gasteiger partial charge on any atom is -0.411 e. The average Bonchev–Trinajstić information content (AvgIpc) is 2.85. The number of benzene rings is 1. The topological polar surface area (TPSA) is 45.5 Å². The second-order valence-corrected chi connectivity index (χ2v) is 7.94. The summed E-state index contributed by atoms with van der Waals surface area (Å²) in [5.41, 5.74) is 4.04. The van der Waals surface area contributed by atoms with Crippen LogP contribution in [0.3, 0.4) is 0 Å². The van der Waals surface area contributed by atoms with Gasteiger partial charge in [0.05, 0.1) is 21.8 Å². The van der Waals surface area contributed by atoms with Gasteiger partial charge >= 0.3 is 0 Å². The third-order valence-electron chi connectivity index (χ3n) is 4.47. The van der Waals surface area contributed by atoms with Gasteiger partial charge in [-0.3, -0.25) is 4.98 Å². The molecule has 1 aliphatic rings. The molecule has 22 heavy (non-hydrogen) atoms. The zero-order valence-electron chi connectivity index (χ0n) is 13.0. The highest BCUT2D eigenvalue weighted by molar-refractivity contribution is 7.26. The highest BCUT2D eigenvalue weighted by Gasteiger charge is 2.33. The van der Waals surface area contributed by atoms with Crippen molar-refractivity contribution in [3.63, 3.8) is 0 Å². The number of hydrogen-bond acceptors (Lipinski definition) is 4. The minimum absolute atomic E-state index is 0.0769. The highest BCUT2D eigenvalue weighted by Crippen LogP contribution is 2.43. The molecule has 3 aromatic rings. The Hall–Kier alpha value is -1.94. The highest BCUT2D eigenvalue weighted by atomic mass is 32.1. The molecule has 1 aliphatic carbocycles. The van der Waals surface area contributed by atoms with Crippen molar-refractivity contribution in [2.24, 2.45) is 10.6 Å². The number of rotatable bonds is 0. The fourth-order valence-electron chi connectivity index (χ4n) is 3.58. The summed E-state index contributed by atoms with van der Waals surface area (Å²) in [5, 5.41) is 15.7. The molecule has 0 atom stereocenters. The van der Waals surface area contributed by atoms with Crippen LogP contribution in [0.2, 0.25) is 0 Å². The molecular weight excluding hydrogens is 292 g/mol. The first-order valence-corrected chi connectivity index (χ1v) is 8.34. The number of aromatic nitrogens is 1. The molecule has 0 saturated carbocycles. The van der Waals surface area contributed by atoms with Crippen LogP contribution < -0.4 is 0 Å². The molecule has 2 aromatic heterocycles. The van der Waals surface area contributed by atoms with Crippen LogP contribution in [0.1, 0.15) is 37.2 Å². The van der Waals surface area contributed by atoms with Crippen molar-refractivity contribution in [2.75, 3.05) is 0 Å². The van der Waals surface area contributed by atoms with E-state index in [2.05, 4.69) is 50.2 Å². The second-order valence-electron chi connectivity index (χ2n) is 6.89. The number of fused-ring (bicyclic) bond motifs is 5. The Labute approximate surface area is 133 Å². The first kappa shape index (κ1) is 13.7. The molecule has 4 heteroatoms. The van der Waals surface area contributed by atoms with Crippen LogP contribution >= 0.6 is 11.3 Å². The number of hydrogen-bond donors (Lipinski definition) is 1. The zero-order chi connectivity index (χ0) is 15.5. The van der Waals surface area contributed by atoms with Gasteiger partial charge in [-0.1, -0.05) is 37.2 Å². The van der Waals surface area contributed by atoms with Crippen molar-refractivity contribution >= 4 is 37.2 Å². The number of nitrogens with zero attached hydrogens (tertiary/aromatic N) is 2. The van der Waals surface area contributed by atoms with Gasteiger partial charge in [0.2, 0.25) is 0 Å². The lowest BCUT2D eigenvalue weighted by molar-refractivity contribution is 0.306. The van der Waals surface area contributed by atoms with E-state index in [9.17, 15) is 5.21 Å². The Balaban J connectivity index is 2.19. The Morgan fingerprint density at radius 2 is 2.00 bits per heavy atom. The standard InChI is InChI=1S/C18H18N2OS/c1-10-17-15(11-6-4-5-7-14(11)22-17)16-12(19-10)8-18(2,3)9-13(16)20-21/h4-7,21H,8-9H2,1-3H3/b20-13+. The van der Waals surface area contributed by atoms with E-state index in [0.29, 0.717) is 0 Å². The summed E-state index contributed by atoms with van der Waals surface area (Å²) in [6, 6.07) is 8.44. The molecule has 3 nitrogen and oxygen atoms in total. The van der Waals surface area contributed by atoms with Crippen molar-refractivity contribution in [2.45, 2.75) is 33.6 Å². The summed E-state index contributed by atoms with van der Waals surface area (Å²) in [4.78, 5) is 4.85. The Morgan fingerprint density at radius 1 is 1.23 bits per heavy atom. The summed E-state index contributed by atoms with van der Waals surface area (Å²) in [6.07, 6.45) is 1.70. The van der Waals surface area contributed by atoms with Crippen molar-refractivity contribution in [1.82, 2.24) is 4.98 Å². The van der Waals surface area contributed by atoms with Gasteiger partial charge in [-0.15, -0.1) is 11.3 Å². The molecule has 0 fully saturated rings. The molecule has 1 aromatic carbocycles. The molecule has 0 bridgehead atoms. The molecule has 0 aliphatic heterocycles. The molecule has 4 rings (SSSR count). The Kier molecular flexibility index (Phi) is 2.82. The number of pyridine rings is 1. The van der Waals surface area contributed by atoms with E-state index in [0.717, 1.165) is 35.5 Å². The van der Waals surface area contributed by atoms with E-state index in [1.165, 1.54) is 20.2 Å². The van der Waals surface area contributed by atoms with Crippen LogP contribution in [-0.4, -0.2) is 15.9 Å². The van der Waals surface area contributed by atoms with Gasteiger partial charge in [-0.05, 0) is 31.2 Å². The van der Waals surface area contributed by atoms with Gasteiger partial charge < -0.3 is 5.21 Å². The van der Waals surface area contributed by atoms with Gasteiger partial charge in [-0.2, -0.15) is 0 Å². The summed E-state index contributed by atoms with van der Waals surface area (Å²) in [5.74, 6) is 0. The average molecular weight is 310 g/mol. The van der Waals surface area contributed by atoms with Crippen molar-refractivity contribution < 1.29 is 5.21 Å². The molecular formula is C18H18N2OS. The first-order valence-electron chi connectivity index (χ1n) is 7.52. The largest absolute Gasteiger partial charge is 0.411 e. The smallest absolute Gasteiger partial charge is 0.0898 e. The number of thiophene rings is 1. The fourth-order valence-corrected chi connectivity index (χ4v) is 4.74. The van der Waals surface area contributed by atoms with E-state index >= 15 is 0 Å². The fraction of sp³-hybridized carbons (Fsp3) is 0.333. The molecule has 0 saturated heterocycles. The van der Waals surface area contributed by atoms with E-state index in [1.807, 2.05) is 0 Å². The molecule has 0 amide bonds. The van der Waals surface area contributed by atoms with Crippen LogP contribution in [0, 0.1) is 12.3 Å². The van der Waals surface area contributed by atoms with Crippen molar-refractivity contribution in [1.29, 1.82) is 0 Å². The summed E-state index contributed by atoms with van der Waals surface area (Å²) in [6.45, 7) is 6.48. The maximum atomic E-state index is 9.57. The molecule has 112 valence electrons. The van der Waals surface area contributed by atoms with Crippen LogP contribution in [0.15, 0.2) is 29.4 Å². The van der Waals surface area contributed by atoms with Gasteiger partial charge in [0, 0.05) is 21.0 Å². The quantitative estimate of drug-likeness (QED) is 0.474. The van der Waals surface area contributed by atoms with Crippen LogP contribution in [-0.2, 0) is 6.42 Å². The number of aryl methyl sites for hydroxylation is 1. The SMILES string of the molecule is Cc1nc2c(c3c1sc1ccccc13)/C(=N/O)CC(C)(C)C2. The van der Waals surface area contributed by atoms with Crippen LogP contribution in [0.4, 0.5) is 0 Å². The molecule has 0 spiro atoms. The third-order valence-corrected chi connectivity index (χ3v) is 5.75. The van der Waals surface area contributed by atoms with Gasteiger partial charge in [0.25, 0.3) is 0 Å². The van der Waals surface area contributed by atoms with Crippen LogP contribution in [0.25, 0.3) is 20.2 Å². The van der Waals surface area contributed by atoms with E-state index < -0.39 is 0 Å². The van der Waals surface area contributed by atoms with Crippen molar-refractivity contribution in [3.05, 3.63) is 41.2 Å². The summed E-state index contributed by atoms with van der Waals surface area (Å²) < 4.78 is 2.47. The van der Waals surface area contributed by atoms with Gasteiger partial charge in [0.15, 0.2) is 0 Å². The summed E-state index contributed by atoms with van der Waals surface area (Å²) >= 11 is 1.77. The lowest BCUT2D eigenvalue weighted by atomic mass is 9.74. The van der Waals surface area contributed by atoms with Gasteiger partial charge in [0.1, 0.15) is 0 Å². The van der Waals surface area contributed by atoms with Crippen LogP contribution in [0.5, 0.6) is 0 Å². The van der Waals surface area contributed by atoms with Gasteiger partial charge in [-0.25, -0.2) is 0 Å². The van der Waals surface area contributed by atoms with E-state index in [1.54, 1.807) is 11.3 Å². The molecule has 0 radical (unpaired) electrons. The maximum absolute atomic E-state index is 9.57.